The predicted octanol–water partition coefficient (Wildman–Crippen LogP) is 3.96. The normalized spacial score (nSPS) is 32.1. The highest BCUT2D eigenvalue weighted by molar-refractivity contribution is 5.40. The fourth-order valence-electron chi connectivity index (χ4n) is 5.77. The van der Waals surface area contributed by atoms with Gasteiger partial charge in [-0.1, -0.05) is 30.3 Å². The summed E-state index contributed by atoms with van der Waals surface area (Å²) in [5.41, 5.74) is 1.46. The number of halogens is 1. The summed E-state index contributed by atoms with van der Waals surface area (Å²) in [7, 11) is 0. The number of benzene rings is 2. The highest BCUT2D eigenvalue weighted by Gasteiger charge is 2.63. The molecule has 3 heterocycles. The number of phenolic OH excluding ortho intramolecular Hbond substituents is 1. The SMILES string of the molecule is CC(C)N1C[C@H]2C[C@@H]3CN(Cc4ccccc4)[C@@H](c4cc(F)ccc4O)[C@]3(C1)O2. The Morgan fingerprint density at radius 2 is 1.97 bits per heavy atom. The minimum absolute atomic E-state index is 0.151. The minimum atomic E-state index is -0.409. The first-order valence-electron chi connectivity index (χ1n) is 10.6. The molecule has 2 aromatic rings. The van der Waals surface area contributed by atoms with Crippen molar-refractivity contribution in [1.29, 1.82) is 0 Å². The van der Waals surface area contributed by atoms with Crippen LogP contribution in [0.1, 0.15) is 37.4 Å². The molecule has 154 valence electrons. The van der Waals surface area contributed by atoms with Gasteiger partial charge in [0, 0.05) is 43.7 Å². The molecule has 0 aliphatic carbocycles. The van der Waals surface area contributed by atoms with Crippen LogP contribution < -0.4 is 0 Å². The van der Waals surface area contributed by atoms with Crippen molar-refractivity contribution in [1.82, 2.24) is 9.80 Å². The lowest BCUT2D eigenvalue weighted by Gasteiger charge is -2.46. The number of hydrogen-bond acceptors (Lipinski definition) is 4. The Kier molecular flexibility index (Phi) is 4.65. The number of hydrogen-bond donors (Lipinski definition) is 1. The zero-order valence-electron chi connectivity index (χ0n) is 17.1. The van der Waals surface area contributed by atoms with E-state index < -0.39 is 5.60 Å². The van der Waals surface area contributed by atoms with Crippen LogP contribution in [0.25, 0.3) is 0 Å². The van der Waals surface area contributed by atoms with Gasteiger partial charge >= 0.3 is 0 Å². The predicted molar refractivity (Wildman–Crippen MR) is 110 cm³/mol. The van der Waals surface area contributed by atoms with Gasteiger partial charge in [-0.2, -0.15) is 0 Å². The second-order valence-electron chi connectivity index (χ2n) is 9.17. The van der Waals surface area contributed by atoms with Crippen LogP contribution >= 0.6 is 0 Å². The molecule has 29 heavy (non-hydrogen) atoms. The van der Waals surface area contributed by atoms with Crippen molar-refractivity contribution in [2.45, 2.75) is 50.6 Å². The molecule has 5 heteroatoms. The summed E-state index contributed by atoms with van der Waals surface area (Å²) in [6.45, 7) is 7.88. The van der Waals surface area contributed by atoms with Crippen LogP contribution in [0, 0.1) is 11.7 Å². The van der Waals surface area contributed by atoms with Crippen molar-refractivity contribution in [2.75, 3.05) is 19.6 Å². The Morgan fingerprint density at radius 3 is 2.72 bits per heavy atom. The number of ether oxygens (including phenoxy) is 1. The maximum absolute atomic E-state index is 14.2. The molecule has 2 bridgehead atoms. The summed E-state index contributed by atoms with van der Waals surface area (Å²) in [6.07, 6.45) is 1.24. The largest absolute Gasteiger partial charge is 0.508 e. The molecule has 3 aliphatic heterocycles. The summed E-state index contributed by atoms with van der Waals surface area (Å²) < 4.78 is 20.9. The maximum atomic E-state index is 14.2. The van der Waals surface area contributed by atoms with E-state index in [2.05, 4.69) is 35.8 Å². The molecule has 4 nitrogen and oxygen atoms in total. The van der Waals surface area contributed by atoms with E-state index in [0.29, 0.717) is 17.5 Å². The van der Waals surface area contributed by atoms with Gasteiger partial charge in [0.05, 0.1) is 12.1 Å². The molecule has 0 aromatic heterocycles. The average molecular weight is 397 g/mol. The Balaban J connectivity index is 1.58. The molecule has 0 amide bonds. The summed E-state index contributed by atoms with van der Waals surface area (Å²) in [6, 6.07) is 14.9. The first-order valence-corrected chi connectivity index (χ1v) is 10.6. The molecule has 3 aliphatic rings. The van der Waals surface area contributed by atoms with Crippen molar-refractivity contribution < 1.29 is 14.2 Å². The zero-order valence-corrected chi connectivity index (χ0v) is 17.1. The van der Waals surface area contributed by atoms with E-state index >= 15 is 0 Å². The van der Waals surface area contributed by atoms with E-state index in [0.717, 1.165) is 32.6 Å². The van der Waals surface area contributed by atoms with Crippen molar-refractivity contribution in [3.8, 4) is 5.75 Å². The van der Waals surface area contributed by atoms with Crippen LogP contribution in [-0.2, 0) is 11.3 Å². The maximum Gasteiger partial charge on any atom is 0.123 e. The third kappa shape index (κ3) is 3.16. The molecule has 0 unspecified atom stereocenters. The van der Waals surface area contributed by atoms with Gasteiger partial charge in [0.25, 0.3) is 0 Å². The van der Waals surface area contributed by atoms with E-state index in [4.69, 9.17) is 4.74 Å². The monoisotopic (exact) mass is 396 g/mol. The third-order valence-corrected chi connectivity index (χ3v) is 7.04. The zero-order chi connectivity index (χ0) is 20.2. The molecular formula is C24H29FN2O2. The number of aromatic hydroxyl groups is 1. The topological polar surface area (TPSA) is 35.9 Å². The van der Waals surface area contributed by atoms with E-state index in [9.17, 15) is 9.50 Å². The summed E-state index contributed by atoms with van der Waals surface area (Å²) in [4.78, 5) is 4.87. The first kappa shape index (κ1) is 19.0. The van der Waals surface area contributed by atoms with Crippen LogP contribution in [-0.4, -0.2) is 52.3 Å². The molecule has 4 atom stereocenters. The number of fused-ring (bicyclic) bond motifs is 1. The second-order valence-corrected chi connectivity index (χ2v) is 9.17. The molecule has 5 rings (SSSR count). The van der Waals surface area contributed by atoms with Crippen molar-refractivity contribution in [3.05, 3.63) is 65.5 Å². The number of morpholine rings is 1. The molecular weight excluding hydrogens is 367 g/mol. The molecule has 1 N–H and O–H groups in total. The molecule has 1 spiro atoms. The fraction of sp³-hybridized carbons (Fsp3) is 0.500. The van der Waals surface area contributed by atoms with Crippen molar-refractivity contribution in [2.24, 2.45) is 5.92 Å². The van der Waals surface area contributed by atoms with Gasteiger partial charge in [0.15, 0.2) is 0 Å². The van der Waals surface area contributed by atoms with Gasteiger partial charge < -0.3 is 9.84 Å². The van der Waals surface area contributed by atoms with E-state index in [1.54, 1.807) is 0 Å². The third-order valence-electron chi connectivity index (χ3n) is 7.04. The first-order chi connectivity index (χ1) is 14.0. The van der Waals surface area contributed by atoms with Crippen LogP contribution in [0.2, 0.25) is 0 Å². The van der Waals surface area contributed by atoms with Crippen LogP contribution in [0.4, 0.5) is 4.39 Å². The number of likely N-dealkylation sites (tertiary alicyclic amines) is 2. The molecule has 0 radical (unpaired) electrons. The lowest BCUT2D eigenvalue weighted by Crippen LogP contribution is -2.56. The smallest absolute Gasteiger partial charge is 0.123 e. The number of phenols is 1. The molecule has 3 saturated heterocycles. The van der Waals surface area contributed by atoms with Crippen molar-refractivity contribution in [3.63, 3.8) is 0 Å². The van der Waals surface area contributed by atoms with Gasteiger partial charge in [-0.3, -0.25) is 9.80 Å². The minimum Gasteiger partial charge on any atom is -0.508 e. The van der Waals surface area contributed by atoms with Gasteiger partial charge in [0.2, 0.25) is 0 Å². The van der Waals surface area contributed by atoms with Gasteiger partial charge in [-0.25, -0.2) is 4.39 Å². The Hall–Kier alpha value is -1.95. The number of nitrogens with zero attached hydrogens (tertiary/aromatic N) is 2. The van der Waals surface area contributed by atoms with Gasteiger partial charge in [0.1, 0.15) is 17.2 Å². The fourth-order valence-corrected chi connectivity index (χ4v) is 5.77. The van der Waals surface area contributed by atoms with Gasteiger partial charge in [-0.15, -0.1) is 0 Å². The summed E-state index contributed by atoms with van der Waals surface area (Å²) in [5.74, 6) is 0.217. The Labute approximate surface area is 171 Å². The second kappa shape index (κ2) is 7.08. The highest BCUT2D eigenvalue weighted by Crippen LogP contribution is 2.57. The highest BCUT2D eigenvalue weighted by atomic mass is 19.1. The van der Waals surface area contributed by atoms with Crippen LogP contribution in [0.5, 0.6) is 5.75 Å². The summed E-state index contributed by atoms with van der Waals surface area (Å²) >= 11 is 0. The number of rotatable bonds is 4. The quantitative estimate of drug-likeness (QED) is 0.849. The van der Waals surface area contributed by atoms with Crippen LogP contribution in [0.3, 0.4) is 0 Å². The molecule has 2 aromatic carbocycles. The standard InChI is InChI=1S/C24H29FN2O2/c1-16(2)27-14-20-10-18-13-26(12-17-6-4-3-5-7-17)23(24(18,15-27)29-20)21-11-19(25)8-9-22(21)28/h3-9,11,16,18,20,23,28H,10,12-15H2,1-2H3/t18-,20-,23+,24-/m1/s1. The lowest BCUT2D eigenvalue weighted by molar-refractivity contribution is -0.142. The van der Waals surface area contributed by atoms with Gasteiger partial charge in [-0.05, 0) is 44.0 Å². The summed E-state index contributed by atoms with van der Waals surface area (Å²) in [5, 5.41) is 10.7. The molecule has 0 saturated carbocycles. The molecule has 3 fully saturated rings. The van der Waals surface area contributed by atoms with Crippen LogP contribution in [0.15, 0.2) is 48.5 Å². The van der Waals surface area contributed by atoms with Crippen molar-refractivity contribution >= 4 is 0 Å². The Bertz CT molecular complexity index is 890. The van der Waals surface area contributed by atoms with E-state index in [1.165, 1.54) is 23.8 Å². The lowest BCUT2D eigenvalue weighted by atomic mass is 9.81. The average Bonchev–Trinajstić information content (AvgIpc) is 3.09. The Morgan fingerprint density at radius 1 is 1.17 bits per heavy atom. The van der Waals surface area contributed by atoms with E-state index in [-0.39, 0.29) is 23.7 Å². The van der Waals surface area contributed by atoms with E-state index in [1.807, 2.05) is 18.2 Å².